The molecule has 25 heavy (non-hydrogen) atoms. The molecule has 0 aliphatic carbocycles. The number of hydrogen-bond acceptors (Lipinski definition) is 5. The third-order valence-electron chi connectivity index (χ3n) is 4.49. The maximum absolute atomic E-state index is 13.3. The van der Waals surface area contributed by atoms with Crippen LogP contribution in [0, 0.1) is 12.7 Å². The lowest BCUT2D eigenvalue weighted by Crippen LogP contribution is -2.49. The smallest absolute Gasteiger partial charge is 0.272 e. The fraction of sp³-hybridized carbons (Fsp3) is 0.278. The number of aromatic nitrogens is 2. The van der Waals surface area contributed by atoms with Gasteiger partial charge in [0.05, 0.1) is 10.9 Å². The number of anilines is 1. The molecule has 0 radical (unpaired) electrons. The van der Waals surface area contributed by atoms with Crippen molar-refractivity contribution in [2.75, 3.05) is 31.1 Å². The Hall–Kier alpha value is -2.54. The lowest BCUT2D eigenvalue weighted by molar-refractivity contribution is 0.0740. The molecule has 0 bridgehead atoms. The molecule has 1 saturated heterocycles. The average Bonchev–Trinajstić information content (AvgIpc) is 3.08. The van der Waals surface area contributed by atoms with Crippen LogP contribution >= 0.6 is 11.5 Å². The Balaban J connectivity index is 1.47. The van der Waals surface area contributed by atoms with Gasteiger partial charge in [0, 0.05) is 31.6 Å². The zero-order chi connectivity index (χ0) is 17.4. The van der Waals surface area contributed by atoms with E-state index in [1.165, 1.54) is 22.3 Å². The van der Waals surface area contributed by atoms with Gasteiger partial charge in [0.1, 0.15) is 17.3 Å². The zero-order valence-corrected chi connectivity index (χ0v) is 14.6. The second kappa shape index (κ2) is 6.40. The summed E-state index contributed by atoms with van der Waals surface area (Å²) in [5.41, 5.74) is 0.734. The number of pyridine rings is 1. The maximum Gasteiger partial charge on any atom is 0.272 e. The number of benzene rings is 1. The van der Waals surface area contributed by atoms with Crippen LogP contribution in [-0.2, 0) is 0 Å². The second-order valence-corrected chi connectivity index (χ2v) is 6.91. The lowest BCUT2D eigenvalue weighted by atomic mass is 10.2. The monoisotopic (exact) mass is 356 g/mol. The van der Waals surface area contributed by atoms with E-state index < -0.39 is 5.82 Å². The molecule has 7 heteroatoms. The summed E-state index contributed by atoms with van der Waals surface area (Å²) in [6, 6.07) is 9.69. The molecule has 3 aromatic rings. The van der Waals surface area contributed by atoms with Crippen molar-refractivity contribution in [1.82, 2.24) is 14.3 Å². The molecule has 0 N–H and O–H groups in total. The third-order valence-corrected chi connectivity index (χ3v) is 5.31. The molecule has 0 atom stereocenters. The number of hydrogen-bond donors (Lipinski definition) is 0. The SMILES string of the molecule is Cc1cc(C(=O)N2CCN(c3nsc4ccccc34)CC2)ncc1F. The Morgan fingerprint density at radius 3 is 2.72 bits per heavy atom. The van der Waals surface area contributed by atoms with Crippen LogP contribution in [0.2, 0.25) is 0 Å². The van der Waals surface area contributed by atoms with Crippen molar-refractivity contribution < 1.29 is 9.18 Å². The molecule has 4 rings (SSSR count). The summed E-state index contributed by atoms with van der Waals surface area (Å²) in [4.78, 5) is 20.5. The summed E-state index contributed by atoms with van der Waals surface area (Å²) >= 11 is 1.50. The number of piperazine rings is 1. The van der Waals surface area contributed by atoms with Crippen LogP contribution in [0.25, 0.3) is 10.1 Å². The summed E-state index contributed by atoms with van der Waals surface area (Å²) < 4.78 is 19.1. The topological polar surface area (TPSA) is 49.3 Å². The number of amides is 1. The Labute approximate surface area is 148 Å². The van der Waals surface area contributed by atoms with Crippen molar-refractivity contribution in [3.63, 3.8) is 0 Å². The first-order valence-electron chi connectivity index (χ1n) is 8.14. The van der Waals surface area contributed by atoms with E-state index in [0.717, 1.165) is 30.5 Å². The number of rotatable bonds is 2. The molecular weight excluding hydrogens is 339 g/mol. The molecule has 3 heterocycles. The molecule has 1 aliphatic heterocycles. The van der Waals surface area contributed by atoms with Crippen LogP contribution in [0.5, 0.6) is 0 Å². The fourth-order valence-corrected chi connectivity index (χ4v) is 3.84. The Kier molecular flexibility index (Phi) is 4.09. The first-order valence-corrected chi connectivity index (χ1v) is 8.91. The lowest BCUT2D eigenvalue weighted by Gasteiger charge is -2.35. The van der Waals surface area contributed by atoms with Crippen LogP contribution in [-0.4, -0.2) is 46.3 Å². The summed E-state index contributed by atoms with van der Waals surface area (Å²) in [5, 5.41) is 1.16. The van der Waals surface area contributed by atoms with Gasteiger partial charge in [0.25, 0.3) is 5.91 Å². The second-order valence-electron chi connectivity index (χ2n) is 6.10. The van der Waals surface area contributed by atoms with Gasteiger partial charge in [0.2, 0.25) is 0 Å². The molecule has 5 nitrogen and oxygen atoms in total. The van der Waals surface area contributed by atoms with Gasteiger partial charge in [-0.2, -0.15) is 4.37 Å². The summed E-state index contributed by atoms with van der Waals surface area (Å²) in [6.07, 6.45) is 1.11. The Morgan fingerprint density at radius 1 is 1.20 bits per heavy atom. The van der Waals surface area contributed by atoms with Crippen LogP contribution in [0.3, 0.4) is 0 Å². The number of carbonyl (C=O) groups is 1. The molecule has 0 unspecified atom stereocenters. The predicted octanol–water partition coefficient (Wildman–Crippen LogP) is 3.10. The first kappa shape index (κ1) is 16.0. The van der Waals surface area contributed by atoms with Crippen molar-refractivity contribution >= 4 is 33.3 Å². The normalized spacial score (nSPS) is 15.0. The summed E-state index contributed by atoms with van der Waals surface area (Å²) in [5.74, 6) is 0.450. The maximum atomic E-state index is 13.3. The quantitative estimate of drug-likeness (QED) is 0.708. The molecule has 1 amide bonds. The molecule has 1 aliphatic rings. The van der Waals surface area contributed by atoms with E-state index in [-0.39, 0.29) is 5.91 Å². The molecule has 1 aromatic carbocycles. The first-order chi connectivity index (χ1) is 12.1. The van der Waals surface area contributed by atoms with Crippen molar-refractivity contribution in [3.05, 3.63) is 53.6 Å². The highest BCUT2D eigenvalue weighted by atomic mass is 32.1. The van der Waals surface area contributed by atoms with E-state index in [2.05, 4.69) is 26.4 Å². The van der Waals surface area contributed by atoms with Crippen LogP contribution in [0.4, 0.5) is 10.2 Å². The van der Waals surface area contributed by atoms with Crippen molar-refractivity contribution in [2.45, 2.75) is 6.92 Å². The number of halogens is 1. The number of aryl methyl sites for hydroxylation is 1. The largest absolute Gasteiger partial charge is 0.352 e. The molecule has 128 valence electrons. The van der Waals surface area contributed by atoms with E-state index >= 15 is 0 Å². The number of fused-ring (bicyclic) bond motifs is 1. The van der Waals surface area contributed by atoms with Gasteiger partial charge in [-0.05, 0) is 42.2 Å². The molecule has 0 spiro atoms. The summed E-state index contributed by atoms with van der Waals surface area (Å²) in [6.45, 7) is 4.28. The molecular formula is C18H17FN4OS. The van der Waals surface area contributed by atoms with Gasteiger partial charge < -0.3 is 9.80 Å². The van der Waals surface area contributed by atoms with E-state index in [0.29, 0.717) is 24.3 Å². The van der Waals surface area contributed by atoms with Crippen molar-refractivity contribution in [2.24, 2.45) is 0 Å². The third kappa shape index (κ3) is 2.95. The van der Waals surface area contributed by atoms with Crippen LogP contribution in [0.15, 0.2) is 36.5 Å². The minimum atomic E-state index is -0.392. The highest BCUT2D eigenvalue weighted by molar-refractivity contribution is 7.13. The van der Waals surface area contributed by atoms with Gasteiger partial charge in [0.15, 0.2) is 0 Å². The van der Waals surface area contributed by atoms with Gasteiger partial charge in [-0.25, -0.2) is 9.37 Å². The Morgan fingerprint density at radius 2 is 1.96 bits per heavy atom. The summed E-state index contributed by atoms with van der Waals surface area (Å²) in [7, 11) is 0. The number of nitrogens with zero attached hydrogens (tertiary/aromatic N) is 4. The van der Waals surface area contributed by atoms with E-state index in [1.807, 2.05) is 12.1 Å². The predicted molar refractivity (Wildman–Crippen MR) is 96.7 cm³/mol. The Bertz CT molecular complexity index is 934. The van der Waals surface area contributed by atoms with Gasteiger partial charge in [-0.3, -0.25) is 4.79 Å². The van der Waals surface area contributed by atoms with Gasteiger partial charge in [-0.15, -0.1) is 0 Å². The van der Waals surface area contributed by atoms with Gasteiger partial charge >= 0.3 is 0 Å². The van der Waals surface area contributed by atoms with Crippen molar-refractivity contribution in [3.8, 4) is 0 Å². The van der Waals surface area contributed by atoms with Crippen LogP contribution in [0.1, 0.15) is 16.1 Å². The average molecular weight is 356 g/mol. The molecule has 2 aromatic heterocycles. The minimum absolute atomic E-state index is 0.147. The highest BCUT2D eigenvalue weighted by Gasteiger charge is 2.25. The highest BCUT2D eigenvalue weighted by Crippen LogP contribution is 2.29. The zero-order valence-electron chi connectivity index (χ0n) is 13.8. The van der Waals surface area contributed by atoms with Crippen molar-refractivity contribution in [1.29, 1.82) is 0 Å². The minimum Gasteiger partial charge on any atom is -0.352 e. The fourth-order valence-electron chi connectivity index (χ4n) is 3.04. The van der Waals surface area contributed by atoms with Gasteiger partial charge in [-0.1, -0.05) is 12.1 Å². The van der Waals surface area contributed by atoms with E-state index in [4.69, 9.17) is 0 Å². The number of carbonyl (C=O) groups excluding carboxylic acids is 1. The molecule has 1 fully saturated rings. The van der Waals surface area contributed by atoms with E-state index in [1.54, 1.807) is 11.8 Å². The van der Waals surface area contributed by atoms with E-state index in [9.17, 15) is 9.18 Å². The molecule has 0 saturated carbocycles. The van der Waals surface area contributed by atoms with Crippen LogP contribution < -0.4 is 4.90 Å². The standard InChI is InChI=1S/C18H17FN4OS/c1-12-10-15(20-11-14(12)19)18(24)23-8-6-22(7-9-23)17-13-4-2-3-5-16(13)25-21-17/h2-5,10-11H,6-9H2,1H3.